The summed E-state index contributed by atoms with van der Waals surface area (Å²) in [5, 5.41) is 3.27. The first kappa shape index (κ1) is 26.8. The van der Waals surface area contributed by atoms with Crippen LogP contribution in [-0.4, -0.2) is 32.6 Å². The number of fused-ring (bicyclic) bond motifs is 2. The zero-order valence-corrected chi connectivity index (χ0v) is 22.4. The van der Waals surface area contributed by atoms with Crippen molar-refractivity contribution in [3.8, 4) is 11.3 Å². The smallest absolute Gasteiger partial charge is 0.339 e. The van der Waals surface area contributed by atoms with Crippen LogP contribution in [0.1, 0.15) is 98.9 Å². The second-order valence-corrected chi connectivity index (χ2v) is 10.7. The Bertz CT molecular complexity index is 1310. The van der Waals surface area contributed by atoms with Gasteiger partial charge >= 0.3 is 5.97 Å². The number of aromatic amines is 1. The van der Waals surface area contributed by atoms with Gasteiger partial charge < -0.3 is 15.0 Å². The van der Waals surface area contributed by atoms with E-state index < -0.39 is 5.60 Å². The number of H-pyrrole nitrogens is 1. The lowest BCUT2D eigenvalue weighted by Gasteiger charge is -2.36. The van der Waals surface area contributed by atoms with Crippen LogP contribution in [-0.2, 0) is 19.9 Å². The van der Waals surface area contributed by atoms with Gasteiger partial charge in [-0.25, -0.2) is 9.78 Å². The highest BCUT2D eigenvalue weighted by Gasteiger charge is 2.48. The number of benzene rings is 1. The summed E-state index contributed by atoms with van der Waals surface area (Å²) in [5.74, 6) is 0.569. The van der Waals surface area contributed by atoms with Crippen LogP contribution in [0.2, 0.25) is 0 Å². The number of unbranched alkanes of at least 4 members (excludes halogenated alkanes) is 2. The van der Waals surface area contributed by atoms with Crippen LogP contribution in [0.3, 0.4) is 0 Å². The molecule has 8 nitrogen and oxygen atoms in total. The van der Waals surface area contributed by atoms with Gasteiger partial charge in [0.1, 0.15) is 17.2 Å². The minimum atomic E-state index is -0.668. The van der Waals surface area contributed by atoms with Gasteiger partial charge in [0, 0.05) is 36.7 Å². The fourth-order valence-electron chi connectivity index (χ4n) is 5.81. The molecule has 3 aromatic rings. The molecule has 1 aromatic carbocycles. The summed E-state index contributed by atoms with van der Waals surface area (Å²) in [5.41, 5.74) is 2.71. The van der Waals surface area contributed by atoms with Crippen LogP contribution in [0.5, 0.6) is 0 Å². The Balaban J connectivity index is 1.24. The number of ether oxygens (including phenoxy) is 1. The van der Waals surface area contributed by atoms with Crippen LogP contribution < -0.4 is 5.32 Å². The van der Waals surface area contributed by atoms with Crippen molar-refractivity contribution in [2.45, 2.75) is 82.8 Å². The van der Waals surface area contributed by atoms with E-state index in [-0.39, 0.29) is 23.8 Å². The Kier molecular flexibility index (Phi) is 8.19. The van der Waals surface area contributed by atoms with Gasteiger partial charge in [0.25, 0.3) is 0 Å². The fraction of sp³-hybridized carbons (Fsp3) is 0.452. The first-order valence-electron chi connectivity index (χ1n) is 14.1. The van der Waals surface area contributed by atoms with Gasteiger partial charge in [0.05, 0.1) is 23.5 Å². The van der Waals surface area contributed by atoms with Gasteiger partial charge in [0.15, 0.2) is 0 Å². The summed E-state index contributed by atoms with van der Waals surface area (Å²) in [6.07, 6.45) is 12.2. The number of pyridine rings is 1. The molecule has 8 heteroatoms. The number of esters is 1. The van der Waals surface area contributed by atoms with Crippen LogP contribution in [0.15, 0.2) is 55.0 Å². The molecule has 3 heterocycles. The van der Waals surface area contributed by atoms with Gasteiger partial charge in [-0.2, -0.15) is 0 Å². The number of nitrogens with one attached hydrogen (secondary N) is 2. The lowest BCUT2D eigenvalue weighted by atomic mass is 9.75. The van der Waals surface area contributed by atoms with E-state index in [1.165, 1.54) is 0 Å². The molecule has 1 amide bonds. The Morgan fingerprint density at radius 1 is 1.10 bits per heavy atom. The van der Waals surface area contributed by atoms with E-state index in [0.717, 1.165) is 48.3 Å². The summed E-state index contributed by atoms with van der Waals surface area (Å²) in [4.78, 5) is 49.8. The van der Waals surface area contributed by atoms with Crippen molar-refractivity contribution in [1.82, 2.24) is 20.3 Å². The van der Waals surface area contributed by atoms with Crippen molar-refractivity contribution in [2.24, 2.45) is 5.92 Å². The summed E-state index contributed by atoms with van der Waals surface area (Å²) < 4.78 is 5.83. The van der Waals surface area contributed by atoms with Gasteiger partial charge in [-0.15, -0.1) is 0 Å². The molecule has 0 saturated heterocycles. The molecular formula is C31H36N4O4. The van der Waals surface area contributed by atoms with Crippen molar-refractivity contribution in [2.75, 3.05) is 0 Å². The maximum absolute atomic E-state index is 13.5. The molecule has 2 aromatic heterocycles. The minimum absolute atomic E-state index is 0.00408. The van der Waals surface area contributed by atoms with Gasteiger partial charge in [0.2, 0.25) is 5.91 Å². The minimum Gasteiger partial charge on any atom is -0.450 e. The first-order valence-corrected chi connectivity index (χ1v) is 14.1. The van der Waals surface area contributed by atoms with Gasteiger partial charge in [-0.3, -0.25) is 14.6 Å². The van der Waals surface area contributed by atoms with Crippen molar-refractivity contribution in [1.29, 1.82) is 0 Å². The number of imidazole rings is 1. The number of Topliss-reactive ketones (excluding diaryl/α,β-unsaturated/α-hetero) is 1. The number of nitrogens with zero attached hydrogens (tertiary/aromatic N) is 2. The van der Waals surface area contributed by atoms with Crippen molar-refractivity contribution >= 4 is 17.7 Å². The number of amides is 1. The number of aromatic nitrogens is 3. The highest BCUT2D eigenvalue weighted by molar-refractivity contribution is 5.94. The van der Waals surface area contributed by atoms with Crippen LogP contribution >= 0.6 is 0 Å². The Hall–Kier alpha value is -3.81. The largest absolute Gasteiger partial charge is 0.450 e. The lowest BCUT2D eigenvalue weighted by Crippen LogP contribution is -2.40. The monoisotopic (exact) mass is 528 g/mol. The van der Waals surface area contributed by atoms with Gasteiger partial charge in [-0.1, -0.05) is 50.1 Å². The van der Waals surface area contributed by atoms with E-state index in [2.05, 4.69) is 20.3 Å². The van der Waals surface area contributed by atoms with Crippen LogP contribution in [0, 0.1) is 5.92 Å². The summed E-state index contributed by atoms with van der Waals surface area (Å²) in [6, 6.07) is 11.5. The normalized spacial score (nSPS) is 20.8. The average Bonchev–Trinajstić information content (AvgIpc) is 3.56. The van der Waals surface area contributed by atoms with E-state index in [9.17, 15) is 14.4 Å². The van der Waals surface area contributed by atoms with Crippen LogP contribution in [0.4, 0.5) is 0 Å². The number of ketones is 1. The van der Waals surface area contributed by atoms with E-state index in [0.29, 0.717) is 49.9 Å². The molecule has 0 radical (unpaired) electrons. The quantitative estimate of drug-likeness (QED) is 0.240. The molecule has 2 aliphatic rings. The third-order valence-electron chi connectivity index (χ3n) is 8.15. The number of carbonyl (C=O) groups excluding carboxylic acids is 3. The predicted octanol–water partition coefficient (Wildman–Crippen LogP) is 5.81. The van der Waals surface area contributed by atoms with E-state index in [4.69, 9.17) is 4.74 Å². The maximum atomic E-state index is 13.5. The predicted molar refractivity (Wildman–Crippen MR) is 147 cm³/mol. The van der Waals surface area contributed by atoms with Crippen LogP contribution in [0.25, 0.3) is 11.3 Å². The molecule has 2 N–H and O–H groups in total. The summed E-state index contributed by atoms with van der Waals surface area (Å²) in [6.45, 7) is 1.90. The van der Waals surface area contributed by atoms with E-state index in [1.807, 2.05) is 43.5 Å². The van der Waals surface area contributed by atoms with E-state index >= 15 is 0 Å². The van der Waals surface area contributed by atoms with Crippen molar-refractivity contribution in [3.05, 3.63) is 71.9 Å². The number of carbonyl (C=O) groups is 3. The van der Waals surface area contributed by atoms with Crippen molar-refractivity contribution in [3.63, 3.8) is 0 Å². The second-order valence-electron chi connectivity index (χ2n) is 10.7. The topological polar surface area (TPSA) is 114 Å². The first-order chi connectivity index (χ1) is 19.0. The molecule has 1 saturated carbocycles. The number of hydrogen-bond acceptors (Lipinski definition) is 6. The highest BCUT2D eigenvalue weighted by Crippen LogP contribution is 2.47. The fourth-order valence-corrected chi connectivity index (χ4v) is 5.81. The molecule has 1 aliphatic heterocycles. The summed E-state index contributed by atoms with van der Waals surface area (Å²) >= 11 is 0. The number of rotatable bonds is 11. The van der Waals surface area contributed by atoms with E-state index in [1.54, 1.807) is 18.5 Å². The Labute approximate surface area is 229 Å². The Morgan fingerprint density at radius 2 is 1.90 bits per heavy atom. The zero-order chi connectivity index (χ0) is 27.2. The molecular weight excluding hydrogens is 492 g/mol. The second kappa shape index (κ2) is 11.9. The molecule has 0 unspecified atom stereocenters. The molecule has 1 aliphatic carbocycles. The SMILES string of the molecule is CCC(=O)CCCCC[C@H](NC(=O)[C@H]1CC[C@]2(CC1)OC(=O)c1ccncc12)c1ncc(-c2ccccc2)[nH]1. The van der Waals surface area contributed by atoms with Gasteiger partial charge in [-0.05, 0) is 50.2 Å². The third-order valence-corrected chi connectivity index (χ3v) is 8.15. The van der Waals surface area contributed by atoms with Crippen molar-refractivity contribution < 1.29 is 19.1 Å². The average molecular weight is 529 g/mol. The number of hydrogen-bond donors (Lipinski definition) is 2. The molecule has 5 rings (SSSR count). The lowest BCUT2D eigenvalue weighted by molar-refractivity contribution is -0.129. The molecule has 204 valence electrons. The molecule has 1 spiro atoms. The zero-order valence-electron chi connectivity index (χ0n) is 22.4. The molecule has 1 atom stereocenters. The third kappa shape index (κ3) is 5.95. The summed E-state index contributed by atoms with van der Waals surface area (Å²) in [7, 11) is 0. The maximum Gasteiger partial charge on any atom is 0.339 e. The molecule has 0 bridgehead atoms. The highest BCUT2D eigenvalue weighted by atomic mass is 16.6. The molecule has 39 heavy (non-hydrogen) atoms. The standard InChI is InChI=1S/C31H36N4O4/c1-2-23(36)11-7-4-8-12-26(28-33-20-27(34-28)21-9-5-3-6-10-21)35-29(37)22-13-16-31(17-14-22)25-19-32-18-15-24(25)30(38)39-31/h3,5-6,9-10,15,18-20,22,26H,2,4,7-8,11-14,16-17H2,1H3,(H,33,34)(H,35,37)/t22-,26-,31+/m0/s1. The Morgan fingerprint density at radius 3 is 2.67 bits per heavy atom. The molecule has 1 fully saturated rings.